The van der Waals surface area contributed by atoms with Gasteiger partial charge in [-0.2, -0.15) is 11.8 Å². The van der Waals surface area contributed by atoms with Crippen LogP contribution >= 0.6 is 27.7 Å². The largest absolute Gasteiger partial charge is 0.466 e. The summed E-state index contributed by atoms with van der Waals surface area (Å²) in [7, 11) is 0. The summed E-state index contributed by atoms with van der Waals surface area (Å²) in [6, 6.07) is 2.04. The van der Waals surface area contributed by atoms with E-state index >= 15 is 0 Å². The molecule has 3 N–H and O–H groups in total. The maximum Gasteiger partial charge on any atom is 0.136 e. The normalized spacial score (nSPS) is 19.9. The summed E-state index contributed by atoms with van der Waals surface area (Å²) in [4.78, 5) is 0. The van der Waals surface area contributed by atoms with Crippen LogP contribution in [0, 0.1) is 5.92 Å². The highest BCUT2D eigenvalue weighted by atomic mass is 79.9. The summed E-state index contributed by atoms with van der Waals surface area (Å²) in [5.41, 5.74) is 2.86. The third-order valence-corrected chi connectivity index (χ3v) is 4.78. The Balaban J connectivity index is 1.97. The van der Waals surface area contributed by atoms with E-state index in [1.54, 1.807) is 6.26 Å². The average molecular weight is 305 g/mol. The number of rotatable bonds is 4. The number of nitrogens with two attached hydrogens (primary N) is 1. The third kappa shape index (κ3) is 3.03. The molecule has 5 heteroatoms. The molecule has 0 amide bonds. The molecule has 1 aliphatic rings. The molecule has 3 nitrogen and oxygen atoms in total. The van der Waals surface area contributed by atoms with E-state index in [-0.39, 0.29) is 6.04 Å². The monoisotopic (exact) mass is 304 g/mol. The topological polar surface area (TPSA) is 51.2 Å². The van der Waals surface area contributed by atoms with Crippen molar-refractivity contribution in [3.8, 4) is 0 Å². The number of hydrazine groups is 1. The van der Waals surface area contributed by atoms with Gasteiger partial charge in [-0.1, -0.05) is 0 Å². The van der Waals surface area contributed by atoms with E-state index in [1.165, 1.54) is 24.3 Å². The molecule has 0 bridgehead atoms. The second-order valence-corrected chi connectivity index (χ2v) is 6.22. The van der Waals surface area contributed by atoms with Crippen LogP contribution in [0.2, 0.25) is 0 Å². The van der Waals surface area contributed by atoms with E-state index in [0.717, 1.165) is 22.6 Å². The summed E-state index contributed by atoms with van der Waals surface area (Å²) in [6.45, 7) is 0. The van der Waals surface area contributed by atoms with Crippen molar-refractivity contribution in [1.29, 1.82) is 0 Å². The quantitative estimate of drug-likeness (QED) is 0.663. The van der Waals surface area contributed by atoms with Gasteiger partial charge >= 0.3 is 0 Å². The van der Waals surface area contributed by atoms with Gasteiger partial charge in [0, 0.05) is 0 Å². The zero-order valence-corrected chi connectivity index (χ0v) is 11.5. The van der Waals surface area contributed by atoms with Crippen LogP contribution in [0.5, 0.6) is 0 Å². The fourth-order valence-electron chi connectivity index (χ4n) is 2.12. The van der Waals surface area contributed by atoms with Crippen molar-refractivity contribution in [1.82, 2.24) is 5.43 Å². The zero-order valence-electron chi connectivity index (χ0n) is 9.12. The first-order valence-electron chi connectivity index (χ1n) is 5.58. The maximum absolute atomic E-state index is 5.61. The molecule has 0 radical (unpaired) electrons. The Morgan fingerprint density at radius 3 is 2.88 bits per heavy atom. The van der Waals surface area contributed by atoms with Crippen LogP contribution in [-0.2, 0) is 0 Å². The van der Waals surface area contributed by atoms with Crippen molar-refractivity contribution in [3.05, 3.63) is 22.6 Å². The van der Waals surface area contributed by atoms with E-state index in [9.17, 15) is 0 Å². The van der Waals surface area contributed by atoms with E-state index in [0.29, 0.717) is 0 Å². The van der Waals surface area contributed by atoms with Crippen LogP contribution in [0.15, 0.2) is 21.2 Å². The molecule has 0 spiro atoms. The standard InChI is InChI=1S/C11H17BrN2OS/c12-9-1-4-15-11(9)10(14-13)7-8-2-5-16-6-3-8/h1,4,8,10,14H,2-3,5-7,13H2. The zero-order chi connectivity index (χ0) is 11.4. The first-order chi connectivity index (χ1) is 7.81. The molecule has 90 valence electrons. The molecule has 2 rings (SSSR count). The number of hydrogen-bond acceptors (Lipinski definition) is 4. The Morgan fingerprint density at radius 1 is 1.56 bits per heavy atom. The third-order valence-electron chi connectivity index (χ3n) is 3.07. The van der Waals surface area contributed by atoms with Gasteiger partial charge in [0.15, 0.2) is 0 Å². The number of halogens is 1. The predicted molar refractivity (Wildman–Crippen MR) is 71.1 cm³/mol. The van der Waals surface area contributed by atoms with Crippen molar-refractivity contribution in [2.45, 2.75) is 25.3 Å². The van der Waals surface area contributed by atoms with Gasteiger partial charge < -0.3 is 4.42 Å². The van der Waals surface area contributed by atoms with Gasteiger partial charge in [0.05, 0.1) is 16.8 Å². The van der Waals surface area contributed by atoms with E-state index in [2.05, 4.69) is 21.4 Å². The lowest BCUT2D eigenvalue weighted by atomic mass is 9.93. The fourth-order valence-corrected chi connectivity index (χ4v) is 3.80. The molecule has 0 aromatic carbocycles. The van der Waals surface area contributed by atoms with Gasteiger partial charge in [0.25, 0.3) is 0 Å². The minimum absolute atomic E-state index is 0.123. The lowest BCUT2D eigenvalue weighted by Crippen LogP contribution is -2.30. The van der Waals surface area contributed by atoms with Gasteiger partial charge in [0.2, 0.25) is 0 Å². The maximum atomic E-state index is 5.61. The second kappa shape index (κ2) is 6.10. The van der Waals surface area contributed by atoms with E-state index in [1.807, 2.05) is 17.8 Å². The summed E-state index contributed by atoms with van der Waals surface area (Å²) in [5.74, 6) is 9.85. The van der Waals surface area contributed by atoms with E-state index in [4.69, 9.17) is 10.3 Å². The van der Waals surface area contributed by atoms with Gasteiger partial charge in [-0.05, 0) is 58.7 Å². The van der Waals surface area contributed by atoms with E-state index < -0.39 is 0 Å². The molecule has 0 aliphatic carbocycles. The first-order valence-corrected chi connectivity index (χ1v) is 7.52. The van der Waals surface area contributed by atoms with Crippen LogP contribution in [0.4, 0.5) is 0 Å². The molecule has 2 heterocycles. The van der Waals surface area contributed by atoms with Crippen molar-refractivity contribution >= 4 is 27.7 Å². The van der Waals surface area contributed by atoms with Gasteiger partial charge in [-0.15, -0.1) is 0 Å². The lowest BCUT2D eigenvalue weighted by Gasteiger charge is -2.25. The Kier molecular flexibility index (Phi) is 4.76. The smallest absolute Gasteiger partial charge is 0.136 e. The van der Waals surface area contributed by atoms with Gasteiger partial charge in [-0.3, -0.25) is 5.84 Å². The molecule has 1 atom stereocenters. The fraction of sp³-hybridized carbons (Fsp3) is 0.636. The number of furan rings is 1. The van der Waals surface area contributed by atoms with Crippen molar-refractivity contribution < 1.29 is 4.42 Å². The lowest BCUT2D eigenvalue weighted by molar-refractivity contribution is 0.329. The Bertz CT molecular complexity index is 326. The molecular weight excluding hydrogens is 288 g/mol. The first kappa shape index (κ1) is 12.5. The number of hydrogen-bond donors (Lipinski definition) is 2. The molecule has 1 unspecified atom stereocenters. The highest BCUT2D eigenvalue weighted by molar-refractivity contribution is 9.10. The van der Waals surface area contributed by atoms with Crippen molar-refractivity contribution in [3.63, 3.8) is 0 Å². The average Bonchev–Trinajstić information content (AvgIpc) is 2.74. The summed E-state index contributed by atoms with van der Waals surface area (Å²) < 4.78 is 6.46. The summed E-state index contributed by atoms with van der Waals surface area (Å²) in [5, 5.41) is 0. The van der Waals surface area contributed by atoms with Gasteiger partial charge in [0.1, 0.15) is 5.76 Å². The minimum atomic E-state index is 0.123. The molecule has 16 heavy (non-hydrogen) atoms. The van der Waals surface area contributed by atoms with Crippen LogP contribution in [0.1, 0.15) is 31.1 Å². The van der Waals surface area contributed by atoms with Crippen LogP contribution in [0.3, 0.4) is 0 Å². The van der Waals surface area contributed by atoms with Crippen LogP contribution in [-0.4, -0.2) is 11.5 Å². The highest BCUT2D eigenvalue weighted by Gasteiger charge is 2.22. The molecule has 1 aliphatic heterocycles. The minimum Gasteiger partial charge on any atom is -0.466 e. The Morgan fingerprint density at radius 2 is 2.31 bits per heavy atom. The molecule has 1 aromatic rings. The molecule has 0 saturated carbocycles. The van der Waals surface area contributed by atoms with Crippen LogP contribution < -0.4 is 11.3 Å². The Labute approximate surface area is 109 Å². The molecule has 1 fully saturated rings. The molecular formula is C11H17BrN2OS. The summed E-state index contributed by atoms with van der Waals surface area (Å²) in [6.07, 6.45) is 5.34. The highest BCUT2D eigenvalue weighted by Crippen LogP contribution is 2.33. The number of thioether (sulfide) groups is 1. The predicted octanol–water partition coefficient (Wildman–Crippen LogP) is 3.08. The van der Waals surface area contributed by atoms with Gasteiger partial charge in [-0.25, -0.2) is 5.43 Å². The second-order valence-electron chi connectivity index (χ2n) is 4.14. The Hall–Kier alpha value is 0.0300. The van der Waals surface area contributed by atoms with Crippen LogP contribution in [0.25, 0.3) is 0 Å². The SMILES string of the molecule is NNC(CC1CCSCC1)c1occc1Br. The molecule has 1 saturated heterocycles. The van der Waals surface area contributed by atoms with Crippen molar-refractivity contribution in [2.24, 2.45) is 11.8 Å². The van der Waals surface area contributed by atoms with Crippen molar-refractivity contribution in [2.75, 3.05) is 11.5 Å². The summed E-state index contributed by atoms with van der Waals surface area (Å²) >= 11 is 5.53. The number of nitrogens with one attached hydrogen (secondary N) is 1. The molecule has 1 aromatic heterocycles.